The molecule has 0 unspecified atom stereocenters. The van der Waals surface area contributed by atoms with Crippen LogP contribution in [0, 0.1) is 0 Å². The minimum Gasteiger partial charge on any atom is -0.317 e. The minimum absolute atomic E-state index is 0.870. The van der Waals surface area contributed by atoms with Gasteiger partial charge in [-0.1, -0.05) is 33.1 Å². The van der Waals surface area contributed by atoms with Crippen LogP contribution in [0.25, 0.3) is 0 Å². The predicted octanol–water partition coefficient (Wildman–Crippen LogP) is 1.61. The molecule has 5 nitrogen and oxygen atoms in total. The fourth-order valence-electron chi connectivity index (χ4n) is 0.854. The van der Waals surface area contributed by atoms with Crippen LogP contribution in [0.3, 0.4) is 0 Å². The lowest BCUT2D eigenvalue weighted by Crippen LogP contribution is -2.13. The maximum absolute atomic E-state index is 9.33. The van der Waals surface area contributed by atoms with Gasteiger partial charge in [-0.25, -0.2) is 0 Å². The van der Waals surface area contributed by atoms with Gasteiger partial charge in [0.2, 0.25) is 0 Å². The van der Waals surface area contributed by atoms with Crippen LogP contribution in [0.1, 0.15) is 39.5 Å². The van der Waals surface area contributed by atoms with Crippen molar-refractivity contribution in [2.45, 2.75) is 39.5 Å². The van der Waals surface area contributed by atoms with Gasteiger partial charge in [0.1, 0.15) is 0 Å². The third kappa shape index (κ3) is 24.8. The first kappa shape index (κ1) is 17.2. The van der Waals surface area contributed by atoms with E-state index in [-0.39, 0.29) is 0 Å². The van der Waals surface area contributed by atoms with Gasteiger partial charge in [-0.15, -0.1) is 0 Å². The van der Waals surface area contributed by atoms with Crippen LogP contribution in [-0.4, -0.2) is 33.2 Å². The fourth-order valence-corrected chi connectivity index (χ4v) is 0.854. The molecule has 6 heteroatoms. The summed E-state index contributed by atoms with van der Waals surface area (Å²) in [4.78, 5) is 0. The Morgan fingerprint density at radius 2 is 1.73 bits per heavy atom. The Bertz CT molecular complexity index is 198. The molecule has 0 spiro atoms. The molecule has 0 radical (unpaired) electrons. The van der Waals surface area contributed by atoms with E-state index in [9.17, 15) is 8.42 Å². The second-order valence-electron chi connectivity index (χ2n) is 3.01. The largest absolute Gasteiger partial charge is 0.397 e. The van der Waals surface area contributed by atoms with Gasteiger partial charge in [0.25, 0.3) is 0 Å². The predicted molar refractivity (Wildman–Crippen MR) is 61.2 cm³/mol. The molecule has 0 aromatic rings. The summed E-state index contributed by atoms with van der Waals surface area (Å²) in [6, 6.07) is 0. The SMILES string of the molecule is CCCCCCNCC.COS(=O)(=O)O. The average molecular weight is 241 g/mol. The Balaban J connectivity index is 0. The summed E-state index contributed by atoms with van der Waals surface area (Å²) < 4.78 is 29.7. The Kier molecular flexibility index (Phi) is 13.7. The van der Waals surface area contributed by atoms with E-state index in [1.54, 1.807) is 0 Å². The standard InChI is InChI=1S/C8H19N.CH4O4S/c1-3-5-6-7-8-9-4-2;1-5-6(2,3)4/h9H,3-8H2,1-2H3;1H3,(H,2,3,4). The second kappa shape index (κ2) is 11.9. The number of unbranched alkanes of at least 4 members (excludes halogenated alkanes) is 3. The molecular formula is C9H23NO4S. The molecule has 0 aliphatic carbocycles. The molecule has 0 saturated heterocycles. The first-order chi connectivity index (χ1) is 6.97. The van der Waals surface area contributed by atoms with Crippen molar-refractivity contribution in [3.8, 4) is 0 Å². The van der Waals surface area contributed by atoms with Gasteiger partial charge in [-0.05, 0) is 19.5 Å². The number of hydrogen-bond donors (Lipinski definition) is 2. The quantitative estimate of drug-likeness (QED) is 0.523. The maximum atomic E-state index is 9.33. The molecule has 94 valence electrons. The van der Waals surface area contributed by atoms with Crippen molar-refractivity contribution in [1.82, 2.24) is 5.32 Å². The lowest BCUT2D eigenvalue weighted by molar-refractivity contribution is 0.324. The molecule has 0 aliphatic rings. The number of nitrogens with one attached hydrogen (secondary N) is 1. The van der Waals surface area contributed by atoms with Crippen molar-refractivity contribution in [1.29, 1.82) is 0 Å². The summed E-state index contributed by atoms with van der Waals surface area (Å²) >= 11 is 0. The highest BCUT2D eigenvalue weighted by molar-refractivity contribution is 7.80. The zero-order valence-electron chi connectivity index (χ0n) is 9.82. The second-order valence-corrected chi connectivity index (χ2v) is 4.20. The van der Waals surface area contributed by atoms with Gasteiger partial charge in [-0.2, -0.15) is 8.42 Å². The molecule has 0 aromatic heterocycles. The summed E-state index contributed by atoms with van der Waals surface area (Å²) in [5.74, 6) is 0. The molecule has 0 bridgehead atoms. The smallest absolute Gasteiger partial charge is 0.317 e. The molecule has 0 heterocycles. The van der Waals surface area contributed by atoms with Gasteiger partial charge in [0, 0.05) is 0 Å². The molecule has 0 fully saturated rings. The van der Waals surface area contributed by atoms with Crippen LogP contribution in [0.4, 0.5) is 0 Å². The first-order valence-corrected chi connectivity index (χ1v) is 6.58. The molecule has 0 aromatic carbocycles. The van der Waals surface area contributed by atoms with Crippen molar-refractivity contribution in [2.75, 3.05) is 20.2 Å². The van der Waals surface area contributed by atoms with Gasteiger partial charge < -0.3 is 5.32 Å². The zero-order valence-corrected chi connectivity index (χ0v) is 10.6. The van der Waals surface area contributed by atoms with Gasteiger partial charge in [-0.3, -0.25) is 8.74 Å². The fraction of sp³-hybridized carbons (Fsp3) is 1.00. The summed E-state index contributed by atoms with van der Waals surface area (Å²) in [6.45, 7) is 6.72. The summed E-state index contributed by atoms with van der Waals surface area (Å²) in [5, 5.41) is 3.31. The normalized spacial score (nSPS) is 10.7. The number of hydrogen-bond acceptors (Lipinski definition) is 4. The van der Waals surface area contributed by atoms with Gasteiger partial charge in [0.15, 0.2) is 0 Å². The van der Waals surface area contributed by atoms with Crippen LogP contribution in [-0.2, 0) is 14.6 Å². The van der Waals surface area contributed by atoms with Crippen molar-refractivity contribution < 1.29 is 17.2 Å². The van der Waals surface area contributed by atoms with E-state index in [1.807, 2.05) is 0 Å². The van der Waals surface area contributed by atoms with Gasteiger partial charge >= 0.3 is 10.4 Å². The highest BCUT2D eigenvalue weighted by Crippen LogP contribution is 1.96. The average Bonchev–Trinajstić information content (AvgIpc) is 2.18. The highest BCUT2D eigenvalue weighted by Gasteiger charge is 1.94. The molecule has 15 heavy (non-hydrogen) atoms. The Hall–Kier alpha value is -0.170. The molecule has 0 atom stereocenters. The summed E-state index contributed by atoms with van der Waals surface area (Å²) in [6.07, 6.45) is 5.47. The molecular weight excluding hydrogens is 218 g/mol. The number of rotatable bonds is 7. The van der Waals surface area contributed by atoms with Crippen molar-refractivity contribution in [2.24, 2.45) is 0 Å². The van der Waals surface area contributed by atoms with Crippen molar-refractivity contribution >= 4 is 10.4 Å². The molecule has 0 saturated carbocycles. The van der Waals surface area contributed by atoms with E-state index in [4.69, 9.17) is 4.55 Å². The van der Waals surface area contributed by atoms with E-state index in [2.05, 4.69) is 23.3 Å². The van der Waals surface area contributed by atoms with E-state index in [0.29, 0.717) is 0 Å². The summed E-state index contributed by atoms with van der Waals surface area (Å²) in [7, 11) is -3.29. The van der Waals surface area contributed by atoms with Crippen LogP contribution in [0.2, 0.25) is 0 Å². The topological polar surface area (TPSA) is 75.6 Å². The van der Waals surface area contributed by atoms with E-state index >= 15 is 0 Å². The third-order valence-electron chi connectivity index (χ3n) is 1.67. The van der Waals surface area contributed by atoms with Crippen LogP contribution >= 0.6 is 0 Å². The van der Waals surface area contributed by atoms with E-state index < -0.39 is 10.4 Å². The Morgan fingerprint density at radius 3 is 2.07 bits per heavy atom. The first-order valence-electron chi connectivity index (χ1n) is 5.21. The lowest BCUT2D eigenvalue weighted by Gasteiger charge is -1.98. The monoisotopic (exact) mass is 241 g/mol. The minimum atomic E-state index is -4.16. The third-order valence-corrected chi connectivity index (χ3v) is 2.09. The van der Waals surface area contributed by atoms with E-state index in [1.165, 1.54) is 32.2 Å². The maximum Gasteiger partial charge on any atom is 0.397 e. The Labute approximate surface area is 93.2 Å². The molecule has 0 aliphatic heterocycles. The van der Waals surface area contributed by atoms with E-state index in [0.717, 1.165) is 13.7 Å². The Morgan fingerprint density at radius 1 is 1.20 bits per heavy atom. The zero-order chi connectivity index (χ0) is 12.2. The van der Waals surface area contributed by atoms with Crippen molar-refractivity contribution in [3.05, 3.63) is 0 Å². The lowest BCUT2D eigenvalue weighted by atomic mass is 10.2. The highest BCUT2D eigenvalue weighted by atomic mass is 32.3. The molecule has 2 N–H and O–H groups in total. The summed E-state index contributed by atoms with van der Waals surface area (Å²) in [5.41, 5.74) is 0. The molecule has 0 rings (SSSR count). The van der Waals surface area contributed by atoms with Crippen LogP contribution < -0.4 is 5.32 Å². The van der Waals surface area contributed by atoms with Gasteiger partial charge in [0.05, 0.1) is 7.11 Å². The van der Waals surface area contributed by atoms with Crippen molar-refractivity contribution in [3.63, 3.8) is 0 Å². The molecule has 0 amide bonds. The van der Waals surface area contributed by atoms with Crippen LogP contribution in [0.5, 0.6) is 0 Å². The van der Waals surface area contributed by atoms with Crippen LogP contribution in [0.15, 0.2) is 0 Å².